The zero-order chi connectivity index (χ0) is 21.3. The van der Waals surface area contributed by atoms with Crippen LogP contribution in [-0.2, 0) is 4.79 Å². The normalized spacial score (nSPS) is 16.3. The Bertz CT molecular complexity index is 1180. The molecular formula is C22H16ClN3O3S. The lowest BCUT2D eigenvalue weighted by Gasteiger charge is -2.36. The van der Waals surface area contributed by atoms with Gasteiger partial charge in [0.15, 0.2) is 6.17 Å². The lowest BCUT2D eigenvalue weighted by Crippen LogP contribution is -2.45. The molecule has 0 unspecified atom stereocenters. The molecule has 1 atom stereocenters. The highest BCUT2D eigenvalue weighted by Gasteiger charge is 2.35. The summed E-state index contributed by atoms with van der Waals surface area (Å²) >= 11 is 10.6. The molecule has 4 rings (SSSR count). The molecule has 0 saturated carbocycles. The second-order valence-corrected chi connectivity index (χ2v) is 7.33. The number of nitrogens with zero attached hydrogens (tertiary/aromatic N) is 2. The number of benzene rings is 2. The summed E-state index contributed by atoms with van der Waals surface area (Å²) in [5.41, 5.74) is 1.44. The number of rotatable bonds is 4. The molecule has 3 aromatic rings. The van der Waals surface area contributed by atoms with E-state index in [2.05, 4.69) is 17.9 Å². The summed E-state index contributed by atoms with van der Waals surface area (Å²) in [5, 5.41) is 13.1. The second kappa shape index (κ2) is 8.19. The van der Waals surface area contributed by atoms with Gasteiger partial charge in [-0.05, 0) is 48.5 Å². The Hall–Kier alpha value is -3.34. The van der Waals surface area contributed by atoms with Gasteiger partial charge in [-0.15, -0.1) is 12.6 Å². The molecule has 1 amide bonds. The smallest absolute Gasteiger partial charge is 0.266 e. The number of carbonyl (C=O) groups is 1. The number of halogens is 1. The number of carbonyl (C=O) groups excluding carboxylic acids is 1. The Balaban J connectivity index is 1.78. The summed E-state index contributed by atoms with van der Waals surface area (Å²) in [6, 6.07) is 20.0. The molecule has 2 aromatic carbocycles. The van der Waals surface area contributed by atoms with Crippen LogP contribution in [0.1, 0.15) is 11.9 Å². The van der Waals surface area contributed by atoms with Gasteiger partial charge >= 0.3 is 0 Å². The first-order valence-electron chi connectivity index (χ1n) is 8.95. The van der Waals surface area contributed by atoms with E-state index in [0.29, 0.717) is 28.0 Å². The van der Waals surface area contributed by atoms with Gasteiger partial charge in [-0.2, -0.15) is 5.26 Å². The average molecular weight is 438 g/mol. The maximum absolute atomic E-state index is 12.5. The average Bonchev–Trinajstić information content (AvgIpc) is 3.24. The molecule has 8 heteroatoms. The van der Waals surface area contributed by atoms with Gasteiger partial charge in [0.1, 0.15) is 28.9 Å². The van der Waals surface area contributed by atoms with E-state index in [0.717, 1.165) is 5.56 Å². The fraction of sp³-hybridized carbons (Fsp3) is 0.0909. The van der Waals surface area contributed by atoms with Crippen molar-refractivity contribution in [3.63, 3.8) is 0 Å². The molecule has 0 fully saturated rings. The van der Waals surface area contributed by atoms with E-state index in [1.165, 1.54) is 0 Å². The van der Waals surface area contributed by atoms with Crippen LogP contribution in [0.4, 0.5) is 5.69 Å². The molecule has 0 saturated heterocycles. The van der Waals surface area contributed by atoms with Crippen LogP contribution in [0.3, 0.4) is 0 Å². The number of thiol groups is 1. The number of nitrogens with one attached hydrogen (secondary N) is 1. The van der Waals surface area contributed by atoms with Crippen molar-refractivity contribution in [3.05, 3.63) is 82.0 Å². The summed E-state index contributed by atoms with van der Waals surface area (Å²) in [6.07, 6.45) is -0.691. The van der Waals surface area contributed by atoms with Crippen molar-refractivity contribution in [1.82, 2.24) is 5.32 Å². The highest BCUT2D eigenvalue weighted by molar-refractivity contribution is 7.84. The first kappa shape index (κ1) is 20.0. The highest BCUT2D eigenvalue weighted by Crippen LogP contribution is 2.38. The topological polar surface area (TPSA) is 78.5 Å². The second-order valence-electron chi connectivity index (χ2n) is 6.47. The number of methoxy groups -OCH3 is 1. The number of furan rings is 1. The van der Waals surface area contributed by atoms with Crippen LogP contribution in [0.15, 0.2) is 75.7 Å². The Morgan fingerprint density at radius 3 is 2.63 bits per heavy atom. The van der Waals surface area contributed by atoms with Crippen LogP contribution in [0.25, 0.3) is 11.3 Å². The molecular weight excluding hydrogens is 422 g/mol. The van der Waals surface area contributed by atoms with E-state index < -0.39 is 12.1 Å². The van der Waals surface area contributed by atoms with Gasteiger partial charge in [0.2, 0.25) is 0 Å². The van der Waals surface area contributed by atoms with Crippen LogP contribution < -0.4 is 15.0 Å². The molecule has 2 heterocycles. The Labute approximate surface area is 183 Å². The molecule has 1 N–H and O–H groups in total. The molecule has 1 aromatic heterocycles. The molecule has 6 nitrogen and oxygen atoms in total. The van der Waals surface area contributed by atoms with Crippen LogP contribution in [0.2, 0.25) is 5.02 Å². The fourth-order valence-corrected chi connectivity index (χ4v) is 3.79. The highest BCUT2D eigenvalue weighted by atomic mass is 35.5. The Kier molecular flexibility index (Phi) is 5.44. The summed E-state index contributed by atoms with van der Waals surface area (Å²) in [4.78, 5) is 14.2. The minimum Gasteiger partial charge on any atom is -0.497 e. The van der Waals surface area contributed by atoms with Crippen molar-refractivity contribution >= 4 is 35.8 Å². The Morgan fingerprint density at radius 1 is 1.20 bits per heavy atom. The third kappa shape index (κ3) is 3.63. The summed E-state index contributed by atoms with van der Waals surface area (Å²) in [5.74, 6) is 1.26. The van der Waals surface area contributed by atoms with Crippen molar-refractivity contribution in [3.8, 4) is 23.1 Å². The minimum atomic E-state index is -0.691. The van der Waals surface area contributed by atoms with E-state index >= 15 is 0 Å². The molecule has 0 spiro atoms. The molecule has 0 bridgehead atoms. The third-order valence-electron chi connectivity index (χ3n) is 4.67. The van der Waals surface area contributed by atoms with Crippen molar-refractivity contribution in [2.75, 3.05) is 12.0 Å². The van der Waals surface area contributed by atoms with E-state index in [1.54, 1.807) is 48.4 Å². The summed E-state index contributed by atoms with van der Waals surface area (Å²) in [7, 11) is 1.58. The number of ether oxygens (including phenoxy) is 1. The van der Waals surface area contributed by atoms with Crippen LogP contribution in [0.5, 0.6) is 5.75 Å². The zero-order valence-electron chi connectivity index (χ0n) is 15.8. The van der Waals surface area contributed by atoms with Crippen LogP contribution >= 0.6 is 24.2 Å². The largest absolute Gasteiger partial charge is 0.497 e. The third-order valence-corrected chi connectivity index (χ3v) is 5.35. The number of nitriles is 1. The maximum atomic E-state index is 12.5. The standard InChI is InChI=1S/C22H16ClN3O3S/c1-28-16-7-5-15(6-8-16)26-20(25-21(27)17(12-24)22(26)30)19-10-9-18(29-19)13-3-2-4-14(23)11-13/h2-11,20,30H,1H3,(H,25,27)/t20-/m1/s1. The predicted octanol–water partition coefficient (Wildman–Crippen LogP) is 4.91. The van der Waals surface area contributed by atoms with Gasteiger partial charge < -0.3 is 19.4 Å². The van der Waals surface area contributed by atoms with Crippen molar-refractivity contribution in [2.24, 2.45) is 0 Å². The first-order valence-corrected chi connectivity index (χ1v) is 9.77. The molecule has 30 heavy (non-hydrogen) atoms. The molecule has 0 aliphatic carbocycles. The lowest BCUT2D eigenvalue weighted by molar-refractivity contribution is -0.118. The van der Waals surface area contributed by atoms with Crippen molar-refractivity contribution < 1.29 is 13.9 Å². The maximum Gasteiger partial charge on any atom is 0.266 e. The van der Waals surface area contributed by atoms with E-state index in [9.17, 15) is 10.1 Å². The fourth-order valence-electron chi connectivity index (χ4n) is 3.22. The van der Waals surface area contributed by atoms with Crippen molar-refractivity contribution in [1.29, 1.82) is 5.26 Å². The minimum absolute atomic E-state index is 0.0768. The van der Waals surface area contributed by atoms with E-state index in [1.807, 2.05) is 30.3 Å². The quantitative estimate of drug-likeness (QED) is 0.567. The number of anilines is 1. The predicted molar refractivity (Wildman–Crippen MR) is 117 cm³/mol. The van der Waals surface area contributed by atoms with Crippen LogP contribution in [0, 0.1) is 11.3 Å². The van der Waals surface area contributed by atoms with Crippen LogP contribution in [-0.4, -0.2) is 13.0 Å². The number of amides is 1. The molecule has 0 radical (unpaired) electrons. The molecule has 1 aliphatic rings. The lowest BCUT2D eigenvalue weighted by atomic mass is 10.1. The monoisotopic (exact) mass is 437 g/mol. The van der Waals surface area contributed by atoms with E-state index in [-0.39, 0.29) is 10.6 Å². The van der Waals surface area contributed by atoms with Gasteiger partial charge in [-0.3, -0.25) is 4.79 Å². The SMILES string of the molecule is COc1ccc(N2C(S)=C(C#N)C(=O)N[C@H]2c2ccc(-c3cccc(Cl)c3)o2)cc1. The van der Waals surface area contributed by atoms with Gasteiger partial charge in [-0.25, -0.2) is 0 Å². The summed E-state index contributed by atoms with van der Waals surface area (Å²) < 4.78 is 11.3. The van der Waals surface area contributed by atoms with Crippen molar-refractivity contribution in [2.45, 2.75) is 6.17 Å². The first-order chi connectivity index (χ1) is 14.5. The van der Waals surface area contributed by atoms with Gasteiger partial charge in [0.05, 0.1) is 12.1 Å². The zero-order valence-corrected chi connectivity index (χ0v) is 17.4. The molecule has 150 valence electrons. The Morgan fingerprint density at radius 2 is 1.97 bits per heavy atom. The van der Waals surface area contributed by atoms with Gasteiger partial charge in [0, 0.05) is 16.3 Å². The number of hydrogen-bond donors (Lipinski definition) is 2. The molecule has 1 aliphatic heterocycles. The summed E-state index contributed by atoms with van der Waals surface area (Å²) in [6.45, 7) is 0. The van der Waals surface area contributed by atoms with Gasteiger partial charge in [-0.1, -0.05) is 23.7 Å². The van der Waals surface area contributed by atoms with Gasteiger partial charge in [0.25, 0.3) is 5.91 Å². The number of hydrogen-bond acceptors (Lipinski definition) is 6. The van der Waals surface area contributed by atoms with E-state index in [4.69, 9.17) is 20.8 Å².